The molecule has 0 bridgehead atoms. The molecule has 2 atom stereocenters. The predicted molar refractivity (Wildman–Crippen MR) is 102 cm³/mol. The second-order valence-electron chi connectivity index (χ2n) is 8.38. The Balaban J connectivity index is 1.93. The lowest BCUT2D eigenvalue weighted by molar-refractivity contribution is -0.160. The molecule has 0 spiro atoms. The van der Waals surface area contributed by atoms with E-state index in [1.165, 1.54) is 6.92 Å². The molecule has 3 rings (SSSR count). The molecule has 1 aromatic rings. The summed E-state index contributed by atoms with van der Waals surface area (Å²) in [5, 5.41) is 12.8. The molecular weight excluding hydrogens is 346 g/mol. The Labute approximate surface area is 160 Å². The number of hydrogen-bond donors (Lipinski definition) is 2. The molecule has 2 aliphatic rings. The third-order valence-corrected chi connectivity index (χ3v) is 5.44. The van der Waals surface area contributed by atoms with Crippen molar-refractivity contribution in [1.29, 1.82) is 0 Å². The molecule has 6 heteroatoms. The van der Waals surface area contributed by atoms with Crippen LogP contribution >= 0.6 is 0 Å². The van der Waals surface area contributed by atoms with Crippen molar-refractivity contribution in [3.8, 4) is 5.75 Å². The lowest BCUT2D eigenvalue weighted by Crippen LogP contribution is -2.32. The fraction of sp³-hybridized carbons (Fsp3) is 0.619. The first-order chi connectivity index (χ1) is 12.6. The number of benzene rings is 1. The van der Waals surface area contributed by atoms with E-state index in [2.05, 4.69) is 19.2 Å². The molecule has 1 saturated heterocycles. The Hall–Kier alpha value is -2.08. The average Bonchev–Trinajstić information content (AvgIpc) is 2.86. The molecule has 2 unspecified atom stereocenters. The minimum Gasteiger partial charge on any atom is -0.487 e. The quantitative estimate of drug-likeness (QED) is 0.791. The summed E-state index contributed by atoms with van der Waals surface area (Å²) < 4.78 is 11.6. The lowest BCUT2D eigenvalue weighted by atomic mass is 9.89. The van der Waals surface area contributed by atoms with E-state index in [0.29, 0.717) is 19.3 Å². The van der Waals surface area contributed by atoms with Gasteiger partial charge in [-0.1, -0.05) is 0 Å². The molecule has 1 amide bonds. The molecule has 1 fully saturated rings. The summed E-state index contributed by atoms with van der Waals surface area (Å²) in [5.41, 5.74) is 4.76. The van der Waals surface area contributed by atoms with Crippen LogP contribution in [0.3, 0.4) is 0 Å². The molecule has 0 radical (unpaired) electrons. The number of anilines is 1. The smallest absolute Gasteiger partial charge is 0.308 e. The first-order valence-electron chi connectivity index (χ1n) is 9.56. The lowest BCUT2D eigenvalue weighted by Gasteiger charge is -2.27. The Morgan fingerprint density at radius 1 is 1.30 bits per heavy atom. The van der Waals surface area contributed by atoms with Gasteiger partial charge in [0.25, 0.3) is 0 Å². The minimum absolute atomic E-state index is 0.0689. The number of rotatable bonds is 4. The van der Waals surface area contributed by atoms with E-state index in [1.54, 1.807) is 0 Å². The number of aliphatic hydroxyl groups is 1. The minimum atomic E-state index is -0.633. The van der Waals surface area contributed by atoms with Crippen molar-refractivity contribution >= 4 is 17.6 Å². The van der Waals surface area contributed by atoms with E-state index in [9.17, 15) is 14.7 Å². The summed E-state index contributed by atoms with van der Waals surface area (Å²) in [4.78, 5) is 23.3. The molecule has 2 N–H and O–H groups in total. The molecule has 0 saturated carbocycles. The third-order valence-electron chi connectivity index (χ3n) is 5.44. The third kappa shape index (κ3) is 4.10. The molecule has 2 heterocycles. The molecule has 0 aromatic heterocycles. The van der Waals surface area contributed by atoms with Crippen molar-refractivity contribution in [3.63, 3.8) is 0 Å². The van der Waals surface area contributed by atoms with Gasteiger partial charge in [-0.3, -0.25) is 9.59 Å². The average molecular weight is 375 g/mol. The first kappa shape index (κ1) is 19.7. The molecular formula is C21H29NO5. The van der Waals surface area contributed by atoms with Gasteiger partial charge in [0.15, 0.2) is 0 Å². The van der Waals surface area contributed by atoms with Gasteiger partial charge in [-0.15, -0.1) is 0 Å². The topological polar surface area (TPSA) is 84.9 Å². The summed E-state index contributed by atoms with van der Waals surface area (Å²) in [6.07, 6.45) is 1.65. The Kier molecular flexibility index (Phi) is 5.21. The number of amides is 1. The summed E-state index contributed by atoms with van der Waals surface area (Å²) in [7, 11) is 0. The second-order valence-corrected chi connectivity index (χ2v) is 8.38. The Morgan fingerprint density at radius 3 is 2.63 bits per heavy atom. The maximum Gasteiger partial charge on any atom is 0.308 e. The zero-order valence-corrected chi connectivity index (χ0v) is 16.8. The molecule has 2 aliphatic heterocycles. The molecule has 0 aliphatic carbocycles. The highest BCUT2D eigenvalue weighted by Gasteiger charge is 2.36. The van der Waals surface area contributed by atoms with Crippen LogP contribution in [-0.4, -0.2) is 34.8 Å². The summed E-state index contributed by atoms with van der Waals surface area (Å²) in [5.74, 6) is 0.447. The first-order valence-corrected chi connectivity index (χ1v) is 9.56. The van der Waals surface area contributed by atoms with Crippen molar-refractivity contribution in [2.45, 2.75) is 84.5 Å². The van der Waals surface area contributed by atoms with Crippen molar-refractivity contribution in [2.75, 3.05) is 5.32 Å². The van der Waals surface area contributed by atoms with Crippen LogP contribution < -0.4 is 10.1 Å². The van der Waals surface area contributed by atoms with Crippen LogP contribution in [0, 0.1) is 13.8 Å². The van der Waals surface area contributed by atoms with Crippen molar-refractivity contribution in [3.05, 3.63) is 22.3 Å². The van der Waals surface area contributed by atoms with E-state index >= 15 is 0 Å². The van der Waals surface area contributed by atoms with Crippen LogP contribution in [0.5, 0.6) is 5.75 Å². The van der Waals surface area contributed by atoms with Crippen LogP contribution in [0.1, 0.15) is 62.3 Å². The number of hydrogen-bond acceptors (Lipinski definition) is 5. The van der Waals surface area contributed by atoms with Gasteiger partial charge in [0.1, 0.15) is 17.5 Å². The monoisotopic (exact) mass is 375 g/mol. The number of carbonyl (C=O) groups excluding carboxylic acids is 2. The standard InChI is InChI=1S/C21H29NO5/c1-11-16(7-6-15-8-14(24)9-18(25)26-15)20-17(10-21(4,5)27-20)12(2)19(11)22-13(3)23/h14-15,24H,6-10H2,1-5H3,(H,22,23). The van der Waals surface area contributed by atoms with Gasteiger partial charge >= 0.3 is 5.97 Å². The van der Waals surface area contributed by atoms with E-state index in [0.717, 1.165) is 40.1 Å². The predicted octanol–water partition coefficient (Wildman–Crippen LogP) is 2.97. The summed E-state index contributed by atoms with van der Waals surface area (Å²) >= 11 is 0. The zero-order chi connectivity index (χ0) is 19.9. The van der Waals surface area contributed by atoms with E-state index in [4.69, 9.17) is 9.47 Å². The van der Waals surface area contributed by atoms with Crippen LogP contribution in [-0.2, 0) is 27.2 Å². The normalized spacial score (nSPS) is 23.4. The van der Waals surface area contributed by atoms with Gasteiger partial charge in [-0.25, -0.2) is 0 Å². The van der Waals surface area contributed by atoms with Crippen LogP contribution in [0.25, 0.3) is 0 Å². The number of cyclic esters (lactones) is 1. The van der Waals surface area contributed by atoms with Gasteiger partial charge < -0.3 is 19.9 Å². The maximum atomic E-state index is 11.7. The number of nitrogens with one attached hydrogen (secondary N) is 1. The molecule has 6 nitrogen and oxygen atoms in total. The van der Waals surface area contributed by atoms with Crippen molar-refractivity contribution in [1.82, 2.24) is 0 Å². The Morgan fingerprint density at radius 2 is 2.00 bits per heavy atom. The van der Waals surface area contributed by atoms with Gasteiger partial charge in [-0.2, -0.15) is 0 Å². The highest BCUT2D eigenvalue weighted by atomic mass is 16.5. The summed E-state index contributed by atoms with van der Waals surface area (Å²) in [6.45, 7) is 9.64. The number of ether oxygens (including phenoxy) is 2. The number of carbonyl (C=O) groups is 2. The van der Waals surface area contributed by atoms with Gasteiger partial charge in [0.2, 0.25) is 5.91 Å². The maximum absolute atomic E-state index is 11.7. The van der Waals surface area contributed by atoms with Gasteiger partial charge in [0, 0.05) is 31.0 Å². The number of aliphatic hydroxyl groups excluding tert-OH is 1. The van der Waals surface area contributed by atoms with Crippen LogP contribution in [0.15, 0.2) is 0 Å². The van der Waals surface area contributed by atoms with Crippen LogP contribution in [0.4, 0.5) is 5.69 Å². The van der Waals surface area contributed by atoms with E-state index in [1.807, 2.05) is 13.8 Å². The van der Waals surface area contributed by atoms with Gasteiger partial charge in [0.05, 0.1) is 12.5 Å². The highest BCUT2D eigenvalue weighted by Crippen LogP contribution is 2.45. The van der Waals surface area contributed by atoms with Gasteiger partial charge in [-0.05, 0) is 57.2 Å². The second kappa shape index (κ2) is 7.15. The Bertz CT molecular complexity index is 784. The SMILES string of the molecule is CC(=O)Nc1c(C)c(CCC2CC(O)CC(=O)O2)c2c(c1C)CC(C)(C)O2. The molecule has 1 aromatic carbocycles. The van der Waals surface area contributed by atoms with E-state index < -0.39 is 6.10 Å². The number of esters is 1. The van der Waals surface area contributed by atoms with E-state index in [-0.39, 0.29) is 30.0 Å². The zero-order valence-electron chi connectivity index (χ0n) is 16.8. The number of fused-ring (bicyclic) bond motifs is 1. The van der Waals surface area contributed by atoms with Crippen molar-refractivity contribution < 1.29 is 24.2 Å². The molecule has 27 heavy (non-hydrogen) atoms. The fourth-order valence-corrected chi connectivity index (χ4v) is 4.19. The van der Waals surface area contributed by atoms with Crippen molar-refractivity contribution in [2.24, 2.45) is 0 Å². The largest absolute Gasteiger partial charge is 0.487 e. The van der Waals surface area contributed by atoms with Crippen LogP contribution in [0.2, 0.25) is 0 Å². The fourth-order valence-electron chi connectivity index (χ4n) is 4.19. The summed E-state index contributed by atoms with van der Waals surface area (Å²) in [6, 6.07) is 0. The highest BCUT2D eigenvalue weighted by molar-refractivity contribution is 5.91. The molecule has 148 valence electrons.